The van der Waals surface area contributed by atoms with Crippen LogP contribution in [0.25, 0.3) is 16.7 Å². The van der Waals surface area contributed by atoms with Crippen molar-refractivity contribution in [3.05, 3.63) is 51.7 Å². The zero-order valence-corrected chi connectivity index (χ0v) is 12.4. The molecule has 0 amide bonds. The molecule has 0 unspecified atom stereocenters. The summed E-state index contributed by atoms with van der Waals surface area (Å²) < 4.78 is 15.2. The first-order valence-electron chi connectivity index (χ1n) is 6.03. The molecule has 0 bridgehead atoms. The molecule has 0 spiro atoms. The number of carboxylic acid groups (broad SMARTS) is 1. The second-order valence-corrected chi connectivity index (χ2v) is 5.39. The lowest BCUT2D eigenvalue weighted by Crippen LogP contribution is -2.05. The molecule has 21 heavy (non-hydrogen) atoms. The number of carbonyl (C=O) groups is 1. The van der Waals surface area contributed by atoms with E-state index >= 15 is 0 Å². The van der Waals surface area contributed by atoms with E-state index in [1.165, 1.54) is 16.8 Å². The molecule has 0 aliphatic rings. The van der Waals surface area contributed by atoms with Gasteiger partial charge in [0.2, 0.25) is 0 Å². The number of aryl methyl sites for hydroxylation is 1. The Balaban J connectivity index is 2.36. The third kappa shape index (κ3) is 2.19. The van der Waals surface area contributed by atoms with Crippen LogP contribution in [0.3, 0.4) is 0 Å². The molecule has 106 valence electrons. The molecule has 0 saturated carbocycles. The van der Waals surface area contributed by atoms with Crippen LogP contribution in [-0.4, -0.2) is 26.1 Å². The second kappa shape index (κ2) is 4.92. The summed E-state index contributed by atoms with van der Waals surface area (Å²) in [6.07, 6.45) is 0. The Bertz CT molecular complexity index is 876. The van der Waals surface area contributed by atoms with Gasteiger partial charge in [-0.15, -0.1) is 5.10 Å². The maximum Gasteiger partial charge on any atom is 0.337 e. The van der Waals surface area contributed by atoms with Gasteiger partial charge in [-0.05, 0) is 52.7 Å². The van der Waals surface area contributed by atoms with Crippen molar-refractivity contribution < 1.29 is 14.3 Å². The third-order valence-electron chi connectivity index (χ3n) is 3.17. The molecule has 1 heterocycles. The van der Waals surface area contributed by atoms with Crippen LogP contribution in [0.1, 0.15) is 15.9 Å². The molecule has 0 atom stereocenters. The molecule has 1 N–H and O–H groups in total. The molecule has 0 radical (unpaired) electrons. The van der Waals surface area contributed by atoms with Crippen molar-refractivity contribution in [3.8, 4) is 5.69 Å². The van der Waals surface area contributed by atoms with Gasteiger partial charge in [0.05, 0.1) is 15.7 Å². The minimum atomic E-state index is -1.07. The van der Waals surface area contributed by atoms with Crippen LogP contribution in [0.2, 0.25) is 0 Å². The van der Waals surface area contributed by atoms with E-state index in [1.54, 1.807) is 25.1 Å². The van der Waals surface area contributed by atoms with Crippen LogP contribution in [0.4, 0.5) is 4.39 Å². The van der Waals surface area contributed by atoms with Gasteiger partial charge < -0.3 is 5.11 Å². The smallest absolute Gasteiger partial charge is 0.337 e. The third-order valence-corrected chi connectivity index (χ3v) is 3.77. The Hall–Kier alpha value is -2.28. The van der Waals surface area contributed by atoms with E-state index < -0.39 is 5.97 Å². The molecule has 0 aliphatic carbocycles. The maximum absolute atomic E-state index is 13.5. The highest BCUT2D eigenvalue weighted by molar-refractivity contribution is 9.10. The number of nitrogens with zero attached hydrogens (tertiary/aromatic N) is 3. The summed E-state index contributed by atoms with van der Waals surface area (Å²) in [5.41, 5.74) is 2.14. The van der Waals surface area contributed by atoms with Crippen LogP contribution < -0.4 is 0 Å². The first-order chi connectivity index (χ1) is 9.99. The van der Waals surface area contributed by atoms with Gasteiger partial charge in [-0.25, -0.2) is 13.9 Å². The van der Waals surface area contributed by atoms with Gasteiger partial charge >= 0.3 is 5.97 Å². The van der Waals surface area contributed by atoms with Gasteiger partial charge in [0.25, 0.3) is 0 Å². The lowest BCUT2D eigenvalue weighted by atomic mass is 10.1. The topological polar surface area (TPSA) is 68.0 Å². The Morgan fingerprint density at radius 2 is 2.14 bits per heavy atom. The highest BCUT2D eigenvalue weighted by Gasteiger charge is 2.17. The van der Waals surface area contributed by atoms with Crippen LogP contribution >= 0.6 is 15.9 Å². The van der Waals surface area contributed by atoms with E-state index in [1.807, 2.05) is 0 Å². The van der Waals surface area contributed by atoms with Crippen LogP contribution in [0.5, 0.6) is 0 Å². The fourth-order valence-corrected chi connectivity index (χ4v) is 2.51. The quantitative estimate of drug-likeness (QED) is 0.770. The summed E-state index contributed by atoms with van der Waals surface area (Å²) in [7, 11) is 0. The lowest BCUT2D eigenvalue weighted by Gasteiger charge is -2.09. The fourth-order valence-electron chi connectivity index (χ4n) is 2.18. The van der Waals surface area contributed by atoms with E-state index in [0.29, 0.717) is 22.3 Å². The van der Waals surface area contributed by atoms with Crippen molar-refractivity contribution in [1.29, 1.82) is 0 Å². The number of halogens is 2. The molecule has 0 saturated heterocycles. The summed E-state index contributed by atoms with van der Waals surface area (Å²) >= 11 is 3.12. The van der Waals surface area contributed by atoms with Gasteiger partial charge in [-0.1, -0.05) is 11.3 Å². The Kier molecular flexibility index (Phi) is 3.21. The number of aromatic nitrogens is 3. The summed E-state index contributed by atoms with van der Waals surface area (Å²) in [5.74, 6) is -1.46. The number of para-hydroxylation sites is 1. The van der Waals surface area contributed by atoms with Gasteiger partial charge in [0.15, 0.2) is 0 Å². The van der Waals surface area contributed by atoms with Crippen molar-refractivity contribution >= 4 is 32.9 Å². The molecular formula is C14H9BrFN3O2. The number of hydrogen-bond acceptors (Lipinski definition) is 3. The highest BCUT2D eigenvalue weighted by atomic mass is 79.9. The van der Waals surface area contributed by atoms with E-state index in [4.69, 9.17) is 0 Å². The minimum Gasteiger partial charge on any atom is -0.478 e. The molecule has 1 aromatic heterocycles. The van der Waals surface area contributed by atoms with Crippen molar-refractivity contribution in [2.45, 2.75) is 6.92 Å². The molecule has 2 aromatic carbocycles. The molecule has 3 aromatic rings. The number of rotatable bonds is 2. The molecular weight excluding hydrogens is 341 g/mol. The number of hydrogen-bond donors (Lipinski definition) is 1. The van der Waals surface area contributed by atoms with Crippen LogP contribution in [-0.2, 0) is 0 Å². The average Bonchev–Trinajstić information content (AvgIpc) is 2.86. The fraction of sp³-hybridized carbons (Fsp3) is 0.0714. The zero-order chi connectivity index (χ0) is 15.1. The molecule has 5 nitrogen and oxygen atoms in total. The number of fused-ring (bicyclic) bond motifs is 1. The SMILES string of the molecule is Cc1cc(F)c(Br)cc1-n1nnc2cccc(C(=O)O)c21. The molecule has 0 aliphatic heterocycles. The standard InChI is InChI=1S/C14H9BrFN3O2/c1-7-5-10(16)9(15)6-12(7)19-13-8(14(20)21)3-2-4-11(13)17-18-19/h2-6H,1H3,(H,20,21). The molecule has 7 heteroatoms. The number of aromatic carboxylic acids is 1. The van der Waals surface area contributed by atoms with Crippen molar-refractivity contribution in [2.24, 2.45) is 0 Å². The zero-order valence-electron chi connectivity index (χ0n) is 10.8. The van der Waals surface area contributed by atoms with Gasteiger partial charge in [0.1, 0.15) is 16.9 Å². The van der Waals surface area contributed by atoms with Crippen molar-refractivity contribution in [2.75, 3.05) is 0 Å². The predicted molar refractivity (Wildman–Crippen MR) is 78.2 cm³/mol. The minimum absolute atomic E-state index is 0.0948. The first-order valence-corrected chi connectivity index (χ1v) is 6.82. The molecule has 0 fully saturated rings. The van der Waals surface area contributed by atoms with Crippen LogP contribution in [0.15, 0.2) is 34.8 Å². The Labute approximate surface area is 127 Å². The average molecular weight is 350 g/mol. The summed E-state index contributed by atoms with van der Waals surface area (Å²) in [6, 6.07) is 7.68. The van der Waals surface area contributed by atoms with E-state index in [9.17, 15) is 14.3 Å². The monoisotopic (exact) mass is 349 g/mol. The highest BCUT2D eigenvalue weighted by Crippen LogP contribution is 2.26. The second-order valence-electron chi connectivity index (χ2n) is 4.53. The van der Waals surface area contributed by atoms with E-state index in [-0.39, 0.29) is 15.9 Å². The van der Waals surface area contributed by atoms with Crippen LogP contribution in [0, 0.1) is 12.7 Å². The van der Waals surface area contributed by atoms with Crippen molar-refractivity contribution in [1.82, 2.24) is 15.0 Å². The summed E-state index contributed by atoms with van der Waals surface area (Å²) in [6.45, 7) is 1.72. The lowest BCUT2D eigenvalue weighted by molar-refractivity contribution is 0.0698. The van der Waals surface area contributed by atoms with Gasteiger partial charge in [-0.2, -0.15) is 0 Å². The normalized spacial score (nSPS) is 11.0. The van der Waals surface area contributed by atoms with Gasteiger partial charge in [0, 0.05) is 0 Å². The first kappa shape index (κ1) is 13.7. The predicted octanol–water partition coefficient (Wildman–Crippen LogP) is 3.33. The molecule has 3 rings (SSSR count). The maximum atomic E-state index is 13.5. The number of benzene rings is 2. The summed E-state index contributed by atoms with van der Waals surface area (Å²) in [5, 5.41) is 17.3. The Morgan fingerprint density at radius 1 is 1.38 bits per heavy atom. The number of carboxylic acids is 1. The summed E-state index contributed by atoms with van der Waals surface area (Å²) in [4.78, 5) is 11.4. The van der Waals surface area contributed by atoms with E-state index in [0.717, 1.165) is 0 Å². The van der Waals surface area contributed by atoms with E-state index in [2.05, 4.69) is 26.2 Å². The Morgan fingerprint density at radius 3 is 2.86 bits per heavy atom. The van der Waals surface area contributed by atoms with Gasteiger partial charge in [-0.3, -0.25) is 0 Å². The largest absolute Gasteiger partial charge is 0.478 e. The van der Waals surface area contributed by atoms with Crippen molar-refractivity contribution in [3.63, 3.8) is 0 Å².